The Morgan fingerprint density at radius 3 is 2.87 bits per heavy atom. The minimum absolute atomic E-state index is 0.0579. The molecule has 5 heterocycles. The largest absolute Gasteiger partial charge is 0.543 e. The number of thioether (sulfide) groups is 1. The van der Waals surface area contributed by atoms with Crippen molar-refractivity contribution in [3.05, 3.63) is 40.7 Å². The van der Waals surface area contributed by atoms with Gasteiger partial charge in [0.2, 0.25) is 28.7 Å². The van der Waals surface area contributed by atoms with Gasteiger partial charge in [-0.25, -0.2) is 4.57 Å². The van der Waals surface area contributed by atoms with Crippen LogP contribution < -0.4 is 26.5 Å². The van der Waals surface area contributed by atoms with E-state index in [4.69, 9.17) is 21.6 Å². The number of carboxylic acids is 1. The molecule has 16 nitrogen and oxygen atoms in total. The number of carbonyl (C=O) groups excluding carboxylic acids is 4. The van der Waals surface area contributed by atoms with Crippen LogP contribution in [0.1, 0.15) is 16.3 Å². The van der Waals surface area contributed by atoms with Crippen molar-refractivity contribution in [3.8, 4) is 6.07 Å². The predicted molar refractivity (Wildman–Crippen MR) is 133 cm³/mol. The first-order valence-corrected chi connectivity index (χ1v) is 13.5. The lowest BCUT2D eigenvalue weighted by atomic mass is 10.0. The minimum atomic E-state index is -1.54. The maximum absolute atomic E-state index is 13.0. The third-order valence-electron chi connectivity index (χ3n) is 5.63. The number of nitrogens with one attached hydrogen (secondary N) is 1. The summed E-state index contributed by atoms with van der Waals surface area (Å²) in [6.07, 6.45) is 3.33. The predicted octanol–water partition coefficient (Wildman–Crippen LogP) is -2.83. The molecule has 0 unspecified atom stereocenters. The van der Waals surface area contributed by atoms with Crippen LogP contribution in [0.4, 0.5) is 5.13 Å². The molecule has 0 radical (unpaired) electrons. The number of β-lactam (4-membered cyclic amide) rings is 1. The monoisotopic (exact) mass is 588 g/mol. The third-order valence-corrected chi connectivity index (χ3v) is 8.40. The Balaban J connectivity index is 1.35. The summed E-state index contributed by atoms with van der Waals surface area (Å²) in [4.78, 5) is 60.2. The van der Waals surface area contributed by atoms with E-state index in [1.807, 2.05) is 0 Å². The van der Waals surface area contributed by atoms with Crippen molar-refractivity contribution in [2.24, 2.45) is 10.9 Å². The van der Waals surface area contributed by atoms with Gasteiger partial charge in [-0.05, 0) is 0 Å². The van der Waals surface area contributed by atoms with E-state index in [0.717, 1.165) is 21.3 Å². The number of aliphatic carboxylic acids is 1. The summed E-state index contributed by atoms with van der Waals surface area (Å²) in [5, 5.41) is 27.8. The molecule has 0 saturated carbocycles. The molecule has 0 spiro atoms. The molecule has 5 N–H and O–H groups in total. The lowest BCUT2D eigenvalue weighted by Crippen LogP contribution is -2.71. The number of thiazole rings is 1. The van der Waals surface area contributed by atoms with Gasteiger partial charge in [0.15, 0.2) is 5.13 Å². The number of anilines is 1. The van der Waals surface area contributed by atoms with Crippen molar-refractivity contribution in [2.45, 2.75) is 18.0 Å². The number of hydrogen-bond donors (Lipinski definition) is 3. The lowest BCUT2D eigenvalue weighted by molar-refractivity contribution is -0.687. The van der Waals surface area contributed by atoms with Crippen LogP contribution in [-0.4, -0.2) is 71.8 Å². The van der Waals surface area contributed by atoms with Crippen LogP contribution in [0.3, 0.4) is 0 Å². The average Bonchev–Trinajstić information content (AvgIpc) is 3.60. The minimum Gasteiger partial charge on any atom is -0.543 e. The van der Waals surface area contributed by atoms with Crippen LogP contribution in [0.15, 0.2) is 34.3 Å². The Labute approximate surface area is 230 Å². The van der Waals surface area contributed by atoms with Gasteiger partial charge in [0.1, 0.15) is 30.2 Å². The summed E-state index contributed by atoms with van der Waals surface area (Å²) in [5.41, 5.74) is 11.0. The van der Waals surface area contributed by atoms with Gasteiger partial charge < -0.3 is 31.5 Å². The zero-order valence-corrected chi connectivity index (χ0v) is 21.9. The molecule has 0 bridgehead atoms. The van der Waals surface area contributed by atoms with Crippen LogP contribution in [0.2, 0.25) is 0 Å². The Hall–Kier alpha value is -4.54. The molecule has 200 valence electrons. The second kappa shape index (κ2) is 10.3. The highest BCUT2D eigenvalue weighted by atomic mass is 32.2. The molecule has 39 heavy (non-hydrogen) atoms. The van der Waals surface area contributed by atoms with E-state index in [0.29, 0.717) is 5.57 Å². The van der Waals surface area contributed by atoms with Gasteiger partial charge in [-0.2, -0.15) is 19.0 Å². The van der Waals surface area contributed by atoms with Gasteiger partial charge in [-0.1, -0.05) is 16.5 Å². The molecule has 2 atom stereocenters. The number of aromatic nitrogens is 4. The number of oxime groups is 1. The highest BCUT2D eigenvalue weighted by molar-refractivity contribution is 8.00. The summed E-state index contributed by atoms with van der Waals surface area (Å²) in [6, 6.07) is 0.617. The summed E-state index contributed by atoms with van der Waals surface area (Å²) in [6.45, 7) is -0.338. The highest BCUT2D eigenvalue weighted by Gasteiger charge is 2.53. The smallest absolute Gasteiger partial charge is 0.289 e. The van der Waals surface area contributed by atoms with Gasteiger partial charge in [-0.3, -0.25) is 19.3 Å². The van der Waals surface area contributed by atoms with E-state index < -0.39 is 47.4 Å². The van der Waals surface area contributed by atoms with E-state index in [2.05, 4.69) is 19.8 Å². The second-order valence-corrected chi connectivity index (χ2v) is 10.8. The van der Waals surface area contributed by atoms with Gasteiger partial charge in [0.25, 0.3) is 24.0 Å². The van der Waals surface area contributed by atoms with Gasteiger partial charge in [0, 0.05) is 28.2 Å². The Morgan fingerprint density at radius 2 is 2.21 bits per heavy atom. The maximum Gasteiger partial charge on any atom is 0.289 e. The summed E-state index contributed by atoms with van der Waals surface area (Å²) < 4.78 is 7.18. The fourth-order valence-electron chi connectivity index (χ4n) is 4.01. The molecular formula is C20H16N10O6S3. The van der Waals surface area contributed by atoms with E-state index in [9.17, 15) is 24.3 Å². The van der Waals surface area contributed by atoms with Gasteiger partial charge >= 0.3 is 0 Å². The first kappa shape index (κ1) is 26.1. The second-order valence-electron chi connectivity index (χ2n) is 8.04. The molecule has 0 aliphatic carbocycles. The van der Waals surface area contributed by atoms with Crippen LogP contribution >= 0.6 is 34.6 Å². The SMILES string of the molecule is N#CCO/N=C(\C(=O)N[C@@H]1C(=O)N2C(C(=O)[O-])=C(C[n+]3cc4scc(C(N)=O)n4c3)CS[C@H]12)c1nsc(N)n1. The number of carbonyl (C=O) groups is 4. The highest BCUT2D eigenvalue weighted by Crippen LogP contribution is 2.40. The van der Waals surface area contributed by atoms with Crippen molar-refractivity contribution >= 4 is 74.0 Å². The van der Waals surface area contributed by atoms with Crippen molar-refractivity contribution in [1.82, 2.24) is 24.0 Å². The topological polar surface area (TPSA) is 238 Å². The molecule has 3 aromatic heterocycles. The van der Waals surface area contributed by atoms with Crippen molar-refractivity contribution in [2.75, 3.05) is 18.1 Å². The maximum atomic E-state index is 13.0. The molecule has 2 aliphatic heterocycles. The van der Waals surface area contributed by atoms with E-state index in [1.165, 1.54) is 23.1 Å². The lowest BCUT2D eigenvalue weighted by Gasteiger charge is -2.50. The first-order chi connectivity index (χ1) is 18.7. The number of fused-ring (bicyclic) bond motifs is 2. The summed E-state index contributed by atoms with van der Waals surface area (Å²) in [5.74, 6) is -3.62. The zero-order chi connectivity index (χ0) is 27.8. The number of amides is 3. The summed E-state index contributed by atoms with van der Waals surface area (Å²) in [7, 11) is 0. The van der Waals surface area contributed by atoms with E-state index in [1.54, 1.807) is 32.9 Å². The van der Waals surface area contributed by atoms with Crippen LogP contribution in [0, 0.1) is 11.3 Å². The number of nitrogens with two attached hydrogens (primary N) is 2. The Morgan fingerprint density at radius 1 is 1.41 bits per heavy atom. The number of rotatable bonds is 9. The molecule has 1 saturated heterocycles. The van der Waals surface area contributed by atoms with Crippen molar-refractivity contribution in [1.29, 1.82) is 5.26 Å². The molecule has 3 amide bonds. The number of nitrogen functional groups attached to an aromatic ring is 1. The van der Waals surface area contributed by atoms with Gasteiger partial charge in [-0.15, -0.1) is 11.8 Å². The normalized spacial score (nSPS) is 18.9. The first-order valence-electron chi connectivity index (χ1n) is 10.8. The number of primary amides is 1. The average molecular weight is 589 g/mol. The Kier molecular flexibility index (Phi) is 6.90. The Bertz CT molecular complexity index is 1630. The quantitative estimate of drug-likeness (QED) is 0.0757. The fourth-order valence-corrected chi connectivity index (χ4v) is 6.70. The molecule has 5 rings (SSSR count). The van der Waals surface area contributed by atoms with Crippen LogP contribution in [0.25, 0.3) is 4.83 Å². The molecule has 2 aliphatic rings. The molecular weight excluding hydrogens is 572 g/mol. The number of imidazole rings is 1. The number of hydrogen-bond acceptors (Lipinski definition) is 14. The zero-order valence-electron chi connectivity index (χ0n) is 19.5. The standard InChI is InChI=1S/C20H16N10O6S3/c21-1-2-36-26-11(15-25-20(23)39-27-15)16(32)24-12-17(33)30-13(19(34)35)8(5-38-18(12)30)3-28-4-10-29(7-28)9(6-37-10)14(22)31/h4,6-7,12,18H,2-3,5H2,(H5-,22,23,24,25,27,31,32,34,35)/b26-11-/t12-,18-/m1/s1. The number of nitrogens with zero attached hydrogens (tertiary/aromatic N) is 7. The summed E-state index contributed by atoms with van der Waals surface area (Å²) >= 11 is 3.35. The number of nitriles is 1. The molecule has 0 aromatic carbocycles. The molecule has 3 aromatic rings. The van der Waals surface area contributed by atoms with Crippen LogP contribution in [-0.2, 0) is 25.8 Å². The van der Waals surface area contributed by atoms with Crippen LogP contribution in [0.5, 0.6) is 0 Å². The van der Waals surface area contributed by atoms with Crippen molar-refractivity contribution < 1.29 is 33.7 Å². The fraction of sp³-hybridized carbons (Fsp3) is 0.250. The third kappa shape index (κ3) is 4.75. The molecule has 1 fully saturated rings. The van der Waals surface area contributed by atoms with E-state index in [-0.39, 0.29) is 34.6 Å². The van der Waals surface area contributed by atoms with E-state index >= 15 is 0 Å². The number of carboxylic acid groups (broad SMARTS) is 1. The van der Waals surface area contributed by atoms with Gasteiger partial charge in [0.05, 0.1) is 11.7 Å². The van der Waals surface area contributed by atoms with Crippen molar-refractivity contribution in [3.63, 3.8) is 0 Å². The molecule has 19 heteroatoms.